The van der Waals surface area contributed by atoms with E-state index in [9.17, 15) is 8.42 Å². The number of hydrogen-bond acceptors (Lipinski definition) is 5. The Morgan fingerprint density at radius 1 is 1.55 bits per heavy atom. The fraction of sp³-hybridized carbons (Fsp3) is 0. The van der Waals surface area contributed by atoms with Crippen LogP contribution in [-0.2, 0) is 10.3 Å². The SMILES string of the molecule is O=S(=O)(O)Nc1nn[nH]n1.[NaH]. The Morgan fingerprint density at radius 3 is 2.55 bits per heavy atom. The molecule has 0 unspecified atom stereocenters. The summed E-state index contributed by atoms with van der Waals surface area (Å²) in [4.78, 5) is 0. The fourth-order valence-corrected chi connectivity index (χ4v) is 0.638. The Balaban J connectivity index is 0.000001000. The molecule has 1 aromatic rings. The van der Waals surface area contributed by atoms with Crippen molar-refractivity contribution in [2.45, 2.75) is 0 Å². The summed E-state index contributed by atoms with van der Waals surface area (Å²) in [6, 6.07) is 0. The maximum absolute atomic E-state index is 10.0. The second kappa shape index (κ2) is 3.97. The van der Waals surface area contributed by atoms with Gasteiger partial charge in [0.05, 0.1) is 0 Å². The molecule has 1 heterocycles. The van der Waals surface area contributed by atoms with E-state index in [4.69, 9.17) is 4.55 Å². The molecule has 1 aromatic heterocycles. The van der Waals surface area contributed by atoms with E-state index in [2.05, 4.69) is 15.4 Å². The Morgan fingerprint density at radius 2 is 2.18 bits per heavy atom. The molecule has 10 heteroatoms. The monoisotopic (exact) mass is 189 g/mol. The van der Waals surface area contributed by atoms with E-state index in [0.717, 1.165) is 0 Å². The van der Waals surface area contributed by atoms with Gasteiger partial charge in [0, 0.05) is 0 Å². The van der Waals surface area contributed by atoms with E-state index in [1.54, 1.807) is 4.72 Å². The second-order valence-corrected chi connectivity index (χ2v) is 2.47. The maximum atomic E-state index is 10.0. The summed E-state index contributed by atoms with van der Waals surface area (Å²) in [7, 11) is -4.28. The number of tetrazole rings is 1. The minimum atomic E-state index is -4.28. The normalized spacial score (nSPS) is 10.3. The Hall–Kier alpha value is -0.220. The second-order valence-electron chi connectivity index (χ2n) is 1.31. The predicted octanol–water partition coefficient (Wildman–Crippen LogP) is -2.23. The molecular formula is CH4N5NaO3S. The predicted molar refractivity (Wildman–Crippen MR) is 36.5 cm³/mol. The van der Waals surface area contributed by atoms with Crippen LogP contribution in [0.2, 0.25) is 0 Å². The molecule has 11 heavy (non-hydrogen) atoms. The molecule has 0 aliphatic carbocycles. The van der Waals surface area contributed by atoms with Crippen molar-refractivity contribution in [3.8, 4) is 0 Å². The summed E-state index contributed by atoms with van der Waals surface area (Å²) in [5.74, 6) is -0.303. The molecule has 0 bridgehead atoms. The van der Waals surface area contributed by atoms with E-state index >= 15 is 0 Å². The molecular weight excluding hydrogens is 185 g/mol. The summed E-state index contributed by atoms with van der Waals surface area (Å²) in [6.07, 6.45) is 0. The first-order chi connectivity index (χ1) is 4.58. The molecule has 0 saturated heterocycles. The Labute approximate surface area is 83.9 Å². The van der Waals surface area contributed by atoms with Crippen molar-refractivity contribution in [2.24, 2.45) is 0 Å². The average molecular weight is 189 g/mol. The molecule has 0 amide bonds. The number of anilines is 1. The summed E-state index contributed by atoms with van der Waals surface area (Å²) < 4.78 is 29.7. The number of hydrogen-bond donors (Lipinski definition) is 3. The standard InChI is InChI=1S/CH3N5O3S.Na.H/c7-10(8,9)4-1-2-5-6-3-1;;/h(H,7,8,9)(H2,2,3,4,5,6);;. The molecule has 0 saturated carbocycles. The third kappa shape index (κ3) is 4.27. The van der Waals surface area contributed by atoms with Gasteiger partial charge in [-0.1, -0.05) is 5.10 Å². The summed E-state index contributed by atoms with van der Waals surface area (Å²) in [6.45, 7) is 0. The molecule has 3 N–H and O–H groups in total. The van der Waals surface area contributed by atoms with Crippen molar-refractivity contribution in [3.63, 3.8) is 0 Å². The van der Waals surface area contributed by atoms with E-state index in [0.29, 0.717) is 0 Å². The van der Waals surface area contributed by atoms with Crippen LogP contribution < -0.4 is 4.72 Å². The van der Waals surface area contributed by atoms with Crippen LogP contribution in [0.3, 0.4) is 0 Å². The van der Waals surface area contributed by atoms with Gasteiger partial charge in [-0.2, -0.15) is 13.6 Å². The van der Waals surface area contributed by atoms with Crippen LogP contribution in [0.5, 0.6) is 0 Å². The minimum absolute atomic E-state index is 0. The third-order valence-electron chi connectivity index (χ3n) is 0.566. The van der Waals surface area contributed by atoms with Gasteiger partial charge in [0.2, 0.25) is 0 Å². The van der Waals surface area contributed by atoms with E-state index in [1.807, 2.05) is 5.21 Å². The van der Waals surface area contributed by atoms with Gasteiger partial charge in [-0.05, 0) is 5.21 Å². The van der Waals surface area contributed by atoms with Gasteiger partial charge >= 0.3 is 39.9 Å². The number of nitrogens with zero attached hydrogens (tertiary/aromatic N) is 3. The molecule has 0 atom stereocenters. The van der Waals surface area contributed by atoms with Crippen LogP contribution in [-0.4, -0.2) is 63.2 Å². The topological polar surface area (TPSA) is 121 Å². The van der Waals surface area contributed by atoms with Crippen LogP contribution in [0, 0.1) is 0 Å². The summed E-state index contributed by atoms with van der Waals surface area (Å²) >= 11 is 0. The zero-order chi connectivity index (χ0) is 7.61. The van der Waals surface area contributed by atoms with Crippen LogP contribution >= 0.6 is 0 Å². The van der Waals surface area contributed by atoms with Gasteiger partial charge in [0.1, 0.15) is 0 Å². The number of nitrogens with one attached hydrogen (secondary N) is 2. The first kappa shape index (κ1) is 10.8. The summed E-state index contributed by atoms with van der Waals surface area (Å²) in [5.41, 5.74) is 0. The zero-order valence-electron chi connectivity index (χ0n) is 4.51. The molecule has 0 aliphatic rings. The number of aromatic amines is 1. The van der Waals surface area contributed by atoms with Crippen molar-refractivity contribution in [2.75, 3.05) is 4.72 Å². The molecule has 0 fully saturated rings. The van der Waals surface area contributed by atoms with E-state index in [1.165, 1.54) is 0 Å². The van der Waals surface area contributed by atoms with Gasteiger partial charge < -0.3 is 0 Å². The fourth-order valence-electron chi connectivity index (χ4n) is 0.320. The molecule has 0 aliphatic heterocycles. The van der Waals surface area contributed by atoms with Crippen molar-refractivity contribution in [1.29, 1.82) is 0 Å². The van der Waals surface area contributed by atoms with Gasteiger partial charge in [0.25, 0.3) is 5.95 Å². The molecule has 0 aromatic carbocycles. The van der Waals surface area contributed by atoms with Crippen LogP contribution in [0.15, 0.2) is 0 Å². The summed E-state index contributed by atoms with van der Waals surface area (Å²) in [5, 5.41) is 11.4. The van der Waals surface area contributed by atoms with Gasteiger partial charge in [-0.25, -0.2) is 4.72 Å². The molecule has 1 rings (SSSR count). The average Bonchev–Trinajstić information content (AvgIpc) is 2.12. The van der Waals surface area contributed by atoms with Crippen molar-refractivity contribution in [1.82, 2.24) is 20.6 Å². The van der Waals surface area contributed by atoms with Gasteiger partial charge in [0.15, 0.2) is 0 Å². The third-order valence-corrected chi connectivity index (χ3v) is 1.01. The van der Waals surface area contributed by atoms with E-state index in [-0.39, 0.29) is 35.5 Å². The number of H-pyrrole nitrogens is 1. The molecule has 58 valence electrons. The molecule has 0 spiro atoms. The number of aromatic nitrogens is 4. The number of rotatable bonds is 2. The zero-order valence-corrected chi connectivity index (χ0v) is 5.33. The van der Waals surface area contributed by atoms with Gasteiger partial charge in [-0.15, -0.1) is 5.10 Å². The van der Waals surface area contributed by atoms with Crippen LogP contribution in [0.4, 0.5) is 5.95 Å². The van der Waals surface area contributed by atoms with Gasteiger partial charge in [-0.3, -0.25) is 4.55 Å². The first-order valence-corrected chi connectivity index (χ1v) is 3.50. The Kier molecular flexibility index (Phi) is 3.89. The van der Waals surface area contributed by atoms with Crippen LogP contribution in [0.25, 0.3) is 0 Å². The first-order valence-electron chi connectivity index (χ1n) is 2.06. The van der Waals surface area contributed by atoms with Crippen molar-refractivity contribution >= 4 is 45.8 Å². The molecule has 8 nitrogen and oxygen atoms in total. The quantitative estimate of drug-likeness (QED) is 0.357. The molecule has 0 radical (unpaired) electrons. The van der Waals surface area contributed by atoms with Crippen LogP contribution in [0.1, 0.15) is 0 Å². The Bertz CT molecular complexity index is 292. The van der Waals surface area contributed by atoms with E-state index < -0.39 is 10.3 Å². The van der Waals surface area contributed by atoms with Crippen molar-refractivity contribution in [3.05, 3.63) is 0 Å². The van der Waals surface area contributed by atoms with Crippen molar-refractivity contribution < 1.29 is 13.0 Å².